The quantitative estimate of drug-likeness (QED) is 0.587. The molecule has 0 saturated carbocycles. The molecule has 0 aliphatic heterocycles. The van der Waals surface area contributed by atoms with Crippen LogP contribution in [0.15, 0.2) is 6.07 Å². The number of rotatable bonds is 0. The summed E-state index contributed by atoms with van der Waals surface area (Å²) in [7, 11) is 0. The van der Waals surface area contributed by atoms with Gasteiger partial charge >= 0.3 is 0 Å². The molecule has 0 atom stereocenters. The van der Waals surface area contributed by atoms with Crippen molar-refractivity contribution in [2.75, 3.05) is 5.73 Å². The molecule has 5 heteroatoms. The molecule has 0 spiro atoms. The van der Waals surface area contributed by atoms with Gasteiger partial charge in [0.2, 0.25) is 0 Å². The number of hydrogen-bond acceptors (Lipinski definition) is 2. The van der Waals surface area contributed by atoms with Crippen molar-refractivity contribution in [1.82, 2.24) is 10.2 Å². The van der Waals surface area contributed by atoms with Gasteiger partial charge in [-0.05, 0) is 0 Å². The Morgan fingerprint density at radius 2 is 2.38 bits per heavy atom. The van der Waals surface area contributed by atoms with Crippen LogP contribution in [0.25, 0.3) is 0 Å². The van der Waals surface area contributed by atoms with Gasteiger partial charge in [0.1, 0.15) is 11.0 Å². The largest absolute Gasteiger partial charge is 0.382 e. The lowest BCUT2D eigenvalue weighted by Crippen LogP contribution is -1.81. The molecule has 3 N–H and O–H groups in total. The summed E-state index contributed by atoms with van der Waals surface area (Å²) in [5, 5.41) is 6.47. The third-order valence-corrected chi connectivity index (χ3v) is 0.760. The zero-order valence-electron chi connectivity index (χ0n) is 3.89. The SMILES string of the molecule is Cl.Nc1cc(Cl)[nH]n1. The number of nitrogens with one attached hydrogen (secondary N) is 1. The van der Waals surface area contributed by atoms with Gasteiger partial charge in [-0.2, -0.15) is 5.10 Å². The summed E-state index contributed by atoms with van der Waals surface area (Å²) in [6.07, 6.45) is 0. The third-order valence-electron chi connectivity index (χ3n) is 0.566. The third kappa shape index (κ3) is 1.60. The maximum atomic E-state index is 5.36. The monoisotopic (exact) mass is 153 g/mol. The second-order valence-electron chi connectivity index (χ2n) is 1.14. The van der Waals surface area contributed by atoms with Crippen LogP contribution < -0.4 is 5.73 Å². The summed E-state index contributed by atoms with van der Waals surface area (Å²) in [6.45, 7) is 0. The first-order valence-electron chi connectivity index (χ1n) is 1.75. The minimum absolute atomic E-state index is 0. The zero-order chi connectivity index (χ0) is 5.28. The molecule has 0 amide bonds. The summed E-state index contributed by atoms with van der Waals surface area (Å²) in [6, 6.07) is 1.54. The van der Waals surface area contributed by atoms with Gasteiger partial charge in [0.15, 0.2) is 0 Å². The maximum absolute atomic E-state index is 5.36. The van der Waals surface area contributed by atoms with Crippen LogP contribution in [0.2, 0.25) is 5.15 Å². The Morgan fingerprint density at radius 1 is 1.75 bits per heavy atom. The minimum atomic E-state index is 0. The normalized spacial score (nSPS) is 8.12. The Kier molecular flexibility index (Phi) is 2.65. The molecule has 0 aliphatic carbocycles. The summed E-state index contributed by atoms with van der Waals surface area (Å²) in [5.74, 6) is 0.421. The average molecular weight is 154 g/mol. The fourth-order valence-electron chi connectivity index (χ4n) is 0.312. The molecule has 0 saturated heterocycles. The van der Waals surface area contributed by atoms with Gasteiger partial charge in [-0.25, -0.2) is 0 Å². The highest BCUT2D eigenvalue weighted by molar-refractivity contribution is 6.29. The first kappa shape index (κ1) is 7.59. The molecule has 8 heavy (non-hydrogen) atoms. The molecule has 1 aromatic heterocycles. The zero-order valence-corrected chi connectivity index (χ0v) is 5.46. The maximum Gasteiger partial charge on any atom is 0.146 e. The number of nitrogens with two attached hydrogens (primary N) is 1. The second kappa shape index (κ2) is 2.79. The fourth-order valence-corrected chi connectivity index (χ4v) is 0.466. The van der Waals surface area contributed by atoms with Crippen LogP contribution in [0.5, 0.6) is 0 Å². The van der Waals surface area contributed by atoms with E-state index in [2.05, 4.69) is 10.2 Å². The van der Waals surface area contributed by atoms with E-state index in [0.717, 1.165) is 0 Å². The van der Waals surface area contributed by atoms with E-state index < -0.39 is 0 Å². The standard InChI is InChI=1S/C3H4ClN3.ClH/c4-2-1-3(5)7-6-2;/h1H,(H3,5,6,7);1H. The Bertz CT molecular complexity index is 145. The first-order valence-corrected chi connectivity index (χ1v) is 2.13. The van der Waals surface area contributed by atoms with Crippen molar-refractivity contribution in [2.45, 2.75) is 0 Å². The number of halogens is 2. The van der Waals surface area contributed by atoms with Crippen LogP contribution >= 0.6 is 24.0 Å². The molecule has 1 aromatic rings. The number of anilines is 1. The lowest BCUT2D eigenvalue weighted by Gasteiger charge is -1.67. The van der Waals surface area contributed by atoms with Crippen LogP contribution in [0.4, 0.5) is 5.82 Å². The van der Waals surface area contributed by atoms with Crippen molar-refractivity contribution in [3.63, 3.8) is 0 Å². The molecule has 1 rings (SSSR count). The van der Waals surface area contributed by atoms with E-state index >= 15 is 0 Å². The lowest BCUT2D eigenvalue weighted by atomic mass is 10.7. The van der Waals surface area contributed by atoms with Crippen molar-refractivity contribution < 1.29 is 0 Å². The van der Waals surface area contributed by atoms with E-state index in [9.17, 15) is 0 Å². The predicted molar refractivity (Wildman–Crippen MR) is 35.3 cm³/mol. The van der Waals surface area contributed by atoms with Crippen molar-refractivity contribution in [2.24, 2.45) is 0 Å². The minimum Gasteiger partial charge on any atom is -0.382 e. The number of aromatic nitrogens is 2. The van der Waals surface area contributed by atoms with Crippen LogP contribution in [-0.4, -0.2) is 10.2 Å². The van der Waals surface area contributed by atoms with E-state index in [1.807, 2.05) is 0 Å². The molecule has 1 heterocycles. The van der Waals surface area contributed by atoms with Gasteiger partial charge < -0.3 is 5.73 Å². The molecule has 0 aromatic carbocycles. The molecule has 0 bridgehead atoms. The van der Waals surface area contributed by atoms with Gasteiger partial charge in [0.05, 0.1) is 0 Å². The Labute approximate surface area is 57.6 Å². The molecule has 0 fully saturated rings. The lowest BCUT2D eigenvalue weighted by molar-refractivity contribution is 1.10. The van der Waals surface area contributed by atoms with Crippen molar-refractivity contribution >= 4 is 29.8 Å². The van der Waals surface area contributed by atoms with E-state index in [1.54, 1.807) is 6.07 Å². The van der Waals surface area contributed by atoms with Crippen LogP contribution in [0, 0.1) is 0 Å². The average Bonchev–Trinajstić information content (AvgIpc) is 1.87. The van der Waals surface area contributed by atoms with Crippen molar-refractivity contribution in [3.05, 3.63) is 11.2 Å². The number of nitrogen functional groups attached to an aromatic ring is 1. The molecule has 0 radical (unpaired) electrons. The Morgan fingerprint density at radius 3 is 2.50 bits per heavy atom. The van der Waals surface area contributed by atoms with Gasteiger partial charge in [0.25, 0.3) is 0 Å². The number of aromatic amines is 1. The number of nitrogens with zero attached hydrogens (tertiary/aromatic N) is 1. The number of hydrogen-bond donors (Lipinski definition) is 2. The molecule has 3 nitrogen and oxygen atoms in total. The molecular weight excluding hydrogens is 149 g/mol. The van der Waals surface area contributed by atoms with E-state index in [0.29, 0.717) is 11.0 Å². The highest BCUT2D eigenvalue weighted by Crippen LogP contribution is 2.04. The topological polar surface area (TPSA) is 54.7 Å². The van der Waals surface area contributed by atoms with E-state index in [1.165, 1.54) is 0 Å². The highest BCUT2D eigenvalue weighted by Gasteiger charge is 1.87. The van der Waals surface area contributed by atoms with E-state index in [-0.39, 0.29) is 12.4 Å². The van der Waals surface area contributed by atoms with Gasteiger partial charge in [-0.3, -0.25) is 5.10 Å². The smallest absolute Gasteiger partial charge is 0.146 e. The van der Waals surface area contributed by atoms with Crippen molar-refractivity contribution in [3.8, 4) is 0 Å². The van der Waals surface area contributed by atoms with Crippen LogP contribution in [-0.2, 0) is 0 Å². The van der Waals surface area contributed by atoms with Crippen molar-refractivity contribution in [1.29, 1.82) is 0 Å². The summed E-state index contributed by atoms with van der Waals surface area (Å²) in [4.78, 5) is 0. The summed E-state index contributed by atoms with van der Waals surface area (Å²) >= 11 is 5.36. The van der Waals surface area contributed by atoms with Crippen LogP contribution in [0.1, 0.15) is 0 Å². The predicted octanol–water partition coefficient (Wildman–Crippen LogP) is 1.07. The molecule has 0 aliphatic rings. The molecular formula is C3H5Cl2N3. The first-order chi connectivity index (χ1) is 3.29. The highest BCUT2D eigenvalue weighted by atomic mass is 35.5. The van der Waals surface area contributed by atoms with Gasteiger partial charge in [-0.1, -0.05) is 11.6 Å². The van der Waals surface area contributed by atoms with Gasteiger partial charge in [0, 0.05) is 6.07 Å². The number of H-pyrrole nitrogens is 1. The second-order valence-corrected chi connectivity index (χ2v) is 1.55. The van der Waals surface area contributed by atoms with Crippen LogP contribution in [0.3, 0.4) is 0 Å². The summed E-state index contributed by atoms with van der Waals surface area (Å²) in [5.41, 5.74) is 5.15. The fraction of sp³-hybridized carbons (Fsp3) is 0. The van der Waals surface area contributed by atoms with E-state index in [4.69, 9.17) is 17.3 Å². The summed E-state index contributed by atoms with van der Waals surface area (Å²) < 4.78 is 0. The van der Waals surface area contributed by atoms with Gasteiger partial charge in [-0.15, -0.1) is 12.4 Å². The Hall–Kier alpha value is -0.410. The Balaban J connectivity index is 0.000000490. The molecule has 46 valence electrons. The molecule has 0 unspecified atom stereocenters.